The molecule has 0 radical (unpaired) electrons. The lowest BCUT2D eigenvalue weighted by molar-refractivity contribution is -0.313. The molecule has 35 heavy (non-hydrogen) atoms. The van der Waals surface area contributed by atoms with E-state index < -0.39 is 48.8 Å². The van der Waals surface area contributed by atoms with E-state index in [1.165, 1.54) is 0 Å². The Balaban J connectivity index is 1.53. The molecular formula is C26H40O9. The normalized spacial score (nSPS) is 47.6. The van der Waals surface area contributed by atoms with Gasteiger partial charge in [0.15, 0.2) is 6.29 Å². The van der Waals surface area contributed by atoms with Gasteiger partial charge in [0.2, 0.25) is 0 Å². The molecule has 0 unspecified atom stereocenters. The number of aliphatic hydroxyl groups is 5. The molecular weight excluding hydrogens is 456 g/mol. The van der Waals surface area contributed by atoms with Crippen molar-refractivity contribution in [1.29, 1.82) is 0 Å². The third kappa shape index (κ3) is 4.72. The fourth-order valence-corrected chi connectivity index (χ4v) is 6.98. The minimum absolute atomic E-state index is 0.0731. The molecule has 10 atom stereocenters. The first kappa shape index (κ1) is 26.7. The second-order valence-corrected chi connectivity index (χ2v) is 11.2. The molecule has 2 aliphatic carbocycles. The maximum atomic E-state index is 11.9. The van der Waals surface area contributed by atoms with Crippen LogP contribution >= 0.6 is 0 Å². The Labute approximate surface area is 206 Å². The predicted octanol–water partition coefficient (Wildman–Crippen LogP) is 0.816. The lowest BCUT2D eigenvalue weighted by Crippen LogP contribution is -2.61. The number of hydrogen-bond acceptors (Lipinski definition) is 9. The van der Waals surface area contributed by atoms with Crippen LogP contribution in [0.4, 0.5) is 0 Å². The van der Waals surface area contributed by atoms with Crippen LogP contribution in [0, 0.1) is 22.7 Å². The molecule has 2 saturated heterocycles. The van der Waals surface area contributed by atoms with E-state index in [-0.39, 0.29) is 29.8 Å². The zero-order valence-electron chi connectivity index (χ0n) is 20.6. The molecule has 9 heteroatoms. The number of cyclic esters (lactones) is 1. The zero-order valence-corrected chi connectivity index (χ0v) is 20.6. The number of fused-ring (bicyclic) bond motifs is 1. The molecule has 4 rings (SSSR count). The predicted molar refractivity (Wildman–Crippen MR) is 125 cm³/mol. The molecule has 9 nitrogen and oxygen atoms in total. The minimum Gasteiger partial charge on any atom is -0.462 e. The number of carbonyl (C=O) groups excluding carboxylic acids is 1. The molecule has 0 aromatic carbocycles. The molecule has 0 bridgehead atoms. The molecule has 2 aliphatic heterocycles. The molecule has 0 amide bonds. The van der Waals surface area contributed by atoms with Crippen molar-refractivity contribution in [2.45, 2.75) is 89.2 Å². The summed E-state index contributed by atoms with van der Waals surface area (Å²) in [6.07, 6.45) is -1.06. The van der Waals surface area contributed by atoms with Gasteiger partial charge in [-0.25, -0.2) is 4.79 Å². The van der Waals surface area contributed by atoms with Gasteiger partial charge in [-0.15, -0.1) is 0 Å². The fraction of sp³-hybridized carbons (Fsp3) is 0.808. The highest BCUT2D eigenvalue weighted by Crippen LogP contribution is 2.62. The first-order chi connectivity index (χ1) is 16.5. The van der Waals surface area contributed by atoms with Gasteiger partial charge in [0.1, 0.15) is 24.4 Å². The number of allylic oxidation sites excluding steroid dienone is 2. The summed E-state index contributed by atoms with van der Waals surface area (Å²) in [6, 6.07) is 0. The quantitative estimate of drug-likeness (QED) is 0.205. The number of esters is 1. The largest absolute Gasteiger partial charge is 0.462 e. The van der Waals surface area contributed by atoms with Gasteiger partial charge in [0.05, 0.1) is 25.9 Å². The summed E-state index contributed by atoms with van der Waals surface area (Å²) in [4.78, 5) is 11.9. The summed E-state index contributed by atoms with van der Waals surface area (Å²) in [5.74, 6) is -0.0285. The fourth-order valence-electron chi connectivity index (χ4n) is 6.98. The van der Waals surface area contributed by atoms with Crippen LogP contribution < -0.4 is 0 Å². The summed E-state index contributed by atoms with van der Waals surface area (Å²) in [7, 11) is 0. The van der Waals surface area contributed by atoms with Crippen LogP contribution in [0.25, 0.3) is 0 Å². The second-order valence-electron chi connectivity index (χ2n) is 11.2. The molecule has 0 aromatic heterocycles. The Morgan fingerprint density at radius 1 is 1.11 bits per heavy atom. The van der Waals surface area contributed by atoms with Crippen molar-refractivity contribution < 1.29 is 44.5 Å². The van der Waals surface area contributed by atoms with Crippen molar-refractivity contribution in [3.63, 3.8) is 0 Å². The lowest BCUT2D eigenvalue weighted by Gasteiger charge is -2.60. The molecule has 0 aromatic rings. The summed E-state index contributed by atoms with van der Waals surface area (Å²) in [5.41, 5.74) is 1.03. The molecule has 0 spiro atoms. The Morgan fingerprint density at radius 2 is 1.86 bits per heavy atom. The van der Waals surface area contributed by atoms with Crippen LogP contribution in [0.5, 0.6) is 0 Å². The minimum atomic E-state index is -1.52. The molecule has 4 aliphatic rings. The Bertz CT molecular complexity index is 841. The SMILES string of the molecule is C=C1CC[C@H]2[C@](C)(CO[C@@H]3O[C@H](CO)[C@@H](O)[C@H](O)[C@H]3O)[C@H](O)CC[C@@]2(C)[C@@H]1C/C=C1\CCOC1=O. The van der Waals surface area contributed by atoms with Crippen molar-refractivity contribution in [3.8, 4) is 0 Å². The van der Waals surface area contributed by atoms with E-state index in [0.29, 0.717) is 31.4 Å². The van der Waals surface area contributed by atoms with Crippen molar-refractivity contribution in [2.24, 2.45) is 22.7 Å². The van der Waals surface area contributed by atoms with Crippen LogP contribution in [-0.4, -0.2) is 88.1 Å². The van der Waals surface area contributed by atoms with Gasteiger partial charge in [-0.2, -0.15) is 0 Å². The van der Waals surface area contributed by atoms with Crippen LogP contribution in [0.1, 0.15) is 52.4 Å². The van der Waals surface area contributed by atoms with Gasteiger partial charge < -0.3 is 39.7 Å². The van der Waals surface area contributed by atoms with E-state index in [1.54, 1.807) is 0 Å². The average Bonchev–Trinajstić information content (AvgIpc) is 3.24. The average molecular weight is 497 g/mol. The van der Waals surface area contributed by atoms with Crippen LogP contribution in [0.2, 0.25) is 0 Å². The number of rotatable bonds is 6. The van der Waals surface area contributed by atoms with Crippen LogP contribution in [-0.2, 0) is 19.0 Å². The van der Waals surface area contributed by atoms with E-state index in [2.05, 4.69) is 13.5 Å². The second kappa shape index (κ2) is 10.2. The number of hydrogen-bond donors (Lipinski definition) is 5. The highest BCUT2D eigenvalue weighted by atomic mass is 16.7. The third-order valence-corrected chi connectivity index (χ3v) is 9.23. The van der Waals surface area contributed by atoms with Gasteiger partial charge in [-0.3, -0.25) is 0 Å². The maximum Gasteiger partial charge on any atom is 0.333 e. The smallest absolute Gasteiger partial charge is 0.333 e. The summed E-state index contributed by atoms with van der Waals surface area (Å²) >= 11 is 0. The van der Waals surface area contributed by atoms with Crippen molar-refractivity contribution in [1.82, 2.24) is 0 Å². The monoisotopic (exact) mass is 496 g/mol. The van der Waals surface area contributed by atoms with Crippen molar-refractivity contribution in [2.75, 3.05) is 19.8 Å². The number of ether oxygens (including phenoxy) is 3. The summed E-state index contributed by atoms with van der Waals surface area (Å²) < 4.78 is 16.6. The van der Waals surface area contributed by atoms with E-state index in [4.69, 9.17) is 14.2 Å². The first-order valence-corrected chi connectivity index (χ1v) is 12.7. The van der Waals surface area contributed by atoms with Gasteiger partial charge in [-0.05, 0) is 49.4 Å². The van der Waals surface area contributed by atoms with Gasteiger partial charge in [0.25, 0.3) is 0 Å². The van der Waals surface area contributed by atoms with E-state index in [0.717, 1.165) is 24.8 Å². The number of aliphatic hydroxyl groups excluding tert-OH is 5. The molecule has 2 heterocycles. The van der Waals surface area contributed by atoms with Crippen LogP contribution in [0.15, 0.2) is 23.8 Å². The summed E-state index contributed by atoms with van der Waals surface area (Å²) in [6.45, 7) is 8.55. The Kier molecular flexibility index (Phi) is 7.79. The topological polar surface area (TPSA) is 146 Å². The molecule has 5 N–H and O–H groups in total. The van der Waals surface area contributed by atoms with Crippen LogP contribution in [0.3, 0.4) is 0 Å². The molecule has 2 saturated carbocycles. The van der Waals surface area contributed by atoms with Gasteiger partial charge in [0, 0.05) is 17.4 Å². The van der Waals surface area contributed by atoms with E-state index in [9.17, 15) is 30.3 Å². The summed E-state index contributed by atoms with van der Waals surface area (Å²) in [5, 5.41) is 51.2. The lowest BCUT2D eigenvalue weighted by atomic mass is 9.46. The molecule has 198 valence electrons. The maximum absolute atomic E-state index is 11.9. The van der Waals surface area contributed by atoms with Gasteiger partial charge in [-0.1, -0.05) is 32.1 Å². The Morgan fingerprint density at radius 3 is 2.51 bits per heavy atom. The third-order valence-electron chi connectivity index (χ3n) is 9.23. The highest BCUT2D eigenvalue weighted by molar-refractivity contribution is 5.90. The van der Waals surface area contributed by atoms with Gasteiger partial charge >= 0.3 is 5.97 Å². The van der Waals surface area contributed by atoms with E-state index >= 15 is 0 Å². The van der Waals surface area contributed by atoms with Crippen molar-refractivity contribution >= 4 is 5.97 Å². The molecule has 4 fully saturated rings. The van der Waals surface area contributed by atoms with Crippen molar-refractivity contribution in [3.05, 3.63) is 23.8 Å². The standard InChI is InChI=1S/C26H40O9/c1-14-4-7-18-25(2,16(14)6-5-15-9-11-33-23(15)32)10-8-19(28)26(18,3)13-34-24-22(31)21(30)20(29)17(12-27)35-24/h5,16-22,24,27-31H,1,4,6-13H2,2-3H3/b15-5+/t16-,17-,18-,19-,20-,21+,22-,24-,25+,26+/m1/s1. The number of carbonyl (C=O) groups is 1. The highest BCUT2D eigenvalue weighted by Gasteiger charge is 2.58. The van der Waals surface area contributed by atoms with E-state index in [1.807, 2.05) is 13.0 Å². The Hall–Kier alpha value is -1.33. The first-order valence-electron chi connectivity index (χ1n) is 12.7. The zero-order chi connectivity index (χ0) is 25.5.